The molecule has 1 heterocycles. The predicted octanol–water partition coefficient (Wildman–Crippen LogP) is 0.760. The van der Waals surface area contributed by atoms with E-state index >= 15 is 0 Å². The molecule has 1 aliphatic heterocycles. The molecule has 1 N–H and O–H groups in total. The van der Waals surface area contributed by atoms with Crippen LogP contribution >= 0.6 is 0 Å². The SMILES string of the molecule is Cc1cccc(OCC2CS(=O)(=O)CCN2)c1. The van der Waals surface area contributed by atoms with E-state index < -0.39 is 9.84 Å². The average molecular weight is 255 g/mol. The van der Waals surface area contributed by atoms with Crippen LogP contribution in [0, 0.1) is 6.92 Å². The molecule has 1 atom stereocenters. The van der Waals surface area contributed by atoms with E-state index in [1.165, 1.54) is 0 Å². The Hall–Kier alpha value is -1.07. The summed E-state index contributed by atoms with van der Waals surface area (Å²) in [7, 11) is -2.89. The number of benzene rings is 1. The molecule has 0 bridgehead atoms. The molecular formula is C12H17NO3S. The van der Waals surface area contributed by atoms with Crippen molar-refractivity contribution in [2.75, 3.05) is 24.7 Å². The molecule has 1 fully saturated rings. The number of ether oxygens (including phenoxy) is 1. The first-order valence-electron chi connectivity index (χ1n) is 5.68. The second-order valence-corrected chi connectivity index (χ2v) is 6.62. The molecule has 17 heavy (non-hydrogen) atoms. The Kier molecular flexibility index (Phi) is 3.69. The number of aryl methyl sites for hydroxylation is 1. The first kappa shape index (κ1) is 12.4. The lowest BCUT2D eigenvalue weighted by Gasteiger charge is -2.23. The highest BCUT2D eigenvalue weighted by atomic mass is 32.2. The Morgan fingerprint density at radius 1 is 1.47 bits per heavy atom. The lowest BCUT2D eigenvalue weighted by Crippen LogP contribution is -2.48. The molecule has 1 aliphatic rings. The fourth-order valence-corrected chi connectivity index (χ4v) is 3.30. The molecule has 0 spiro atoms. The average Bonchev–Trinajstić information content (AvgIpc) is 2.25. The molecule has 0 amide bonds. The maximum absolute atomic E-state index is 11.4. The van der Waals surface area contributed by atoms with Crippen LogP contribution < -0.4 is 10.1 Å². The fraction of sp³-hybridized carbons (Fsp3) is 0.500. The molecule has 0 saturated carbocycles. The quantitative estimate of drug-likeness (QED) is 0.866. The van der Waals surface area contributed by atoms with E-state index in [1.54, 1.807) is 0 Å². The van der Waals surface area contributed by atoms with Gasteiger partial charge in [0.2, 0.25) is 0 Å². The van der Waals surface area contributed by atoms with Gasteiger partial charge in [-0.25, -0.2) is 8.42 Å². The molecule has 0 aromatic heterocycles. The van der Waals surface area contributed by atoms with Crippen molar-refractivity contribution in [2.24, 2.45) is 0 Å². The molecule has 1 aromatic rings. The summed E-state index contributed by atoms with van der Waals surface area (Å²) in [4.78, 5) is 0. The smallest absolute Gasteiger partial charge is 0.153 e. The fourth-order valence-electron chi connectivity index (χ4n) is 1.88. The standard InChI is InChI=1S/C12H17NO3S/c1-10-3-2-4-12(7-10)16-8-11-9-17(14,15)6-5-13-11/h2-4,7,11,13H,5-6,8-9H2,1H3. The van der Waals surface area contributed by atoms with Crippen molar-refractivity contribution in [2.45, 2.75) is 13.0 Å². The van der Waals surface area contributed by atoms with Crippen LogP contribution in [0.5, 0.6) is 5.75 Å². The van der Waals surface area contributed by atoms with Crippen molar-refractivity contribution >= 4 is 9.84 Å². The Bertz CT molecular complexity index is 484. The lowest BCUT2D eigenvalue weighted by molar-refractivity contribution is 0.273. The van der Waals surface area contributed by atoms with Crippen molar-refractivity contribution < 1.29 is 13.2 Å². The largest absolute Gasteiger partial charge is 0.492 e. The van der Waals surface area contributed by atoms with E-state index in [1.807, 2.05) is 31.2 Å². The zero-order chi connectivity index (χ0) is 12.3. The van der Waals surface area contributed by atoms with E-state index in [0.717, 1.165) is 11.3 Å². The molecule has 1 unspecified atom stereocenters. The molecular weight excluding hydrogens is 238 g/mol. The molecule has 2 rings (SSSR count). The molecule has 0 aliphatic carbocycles. The Morgan fingerprint density at radius 2 is 2.29 bits per heavy atom. The summed E-state index contributed by atoms with van der Waals surface area (Å²) in [6.07, 6.45) is 0. The van der Waals surface area contributed by atoms with Gasteiger partial charge < -0.3 is 10.1 Å². The molecule has 1 saturated heterocycles. The van der Waals surface area contributed by atoms with Gasteiger partial charge in [0, 0.05) is 6.54 Å². The van der Waals surface area contributed by atoms with Gasteiger partial charge in [0.25, 0.3) is 0 Å². The number of rotatable bonds is 3. The van der Waals surface area contributed by atoms with Gasteiger partial charge in [-0.15, -0.1) is 0 Å². The van der Waals surface area contributed by atoms with E-state index in [4.69, 9.17) is 4.74 Å². The van der Waals surface area contributed by atoms with Crippen molar-refractivity contribution in [1.29, 1.82) is 0 Å². The van der Waals surface area contributed by atoms with E-state index in [-0.39, 0.29) is 17.5 Å². The topological polar surface area (TPSA) is 55.4 Å². The van der Waals surface area contributed by atoms with Gasteiger partial charge in [-0.1, -0.05) is 12.1 Å². The zero-order valence-electron chi connectivity index (χ0n) is 9.85. The minimum absolute atomic E-state index is 0.103. The molecule has 4 nitrogen and oxygen atoms in total. The van der Waals surface area contributed by atoms with Gasteiger partial charge in [0.15, 0.2) is 9.84 Å². The molecule has 1 aromatic carbocycles. The third kappa shape index (κ3) is 3.71. The van der Waals surface area contributed by atoms with Crippen molar-refractivity contribution in [3.05, 3.63) is 29.8 Å². The summed E-state index contributed by atoms with van der Waals surface area (Å²) < 4.78 is 28.5. The normalized spacial score (nSPS) is 23.2. The van der Waals surface area contributed by atoms with Crippen LogP contribution in [0.2, 0.25) is 0 Å². The summed E-state index contributed by atoms with van der Waals surface area (Å²) in [6, 6.07) is 7.64. The summed E-state index contributed by atoms with van der Waals surface area (Å²) >= 11 is 0. The summed E-state index contributed by atoms with van der Waals surface area (Å²) in [5.74, 6) is 1.18. The Morgan fingerprint density at radius 3 is 3.00 bits per heavy atom. The van der Waals surface area contributed by atoms with Crippen LogP contribution in [-0.2, 0) is 9.84 Å². The second kappa shape index (κ2) is 5.06. The number of nitrogens with one attached hydrogen (secondary N) is 1. The van der Waals surface area contributed by atoms with Crippen molar-refractivity contribution in [3.63, 3.8) is 0 Å². The number of sulfone groups is 1. The molecule has 0 radical (unpaired) electrons. The lowest BCUT2D eigenvalue weighted by atomic mass is 10.2. The molecule has 5 heteroatoms. The van der Waals surface area contributed by atoms with Gasteiger partial charge in [0.05, 0.1) is 17.5 Å². The first-order valence-corrected chi connectivity index (χ1v) is 7.50. The third-order valence-corrected chi connectivity index (χ3v) is 4.48. The molecule has 94 valence electrons. The number of hydrogen-bond donors (Lipinski definition) is 1. The zero-order valence-corrected chi connectivity index (χ0v) is 10.7. The van der Waals surface area contributed by atoms with Crippen LogP contribution in [-0.4, -0.2) is 39.1 Å². The summed E-state index contributed by atoms with van der Waals surface area (Å²) in [5, 5.41) is 3.16. The van der Waals surface area contributed by atoms with Crippen LogP contribution in [0.15, 0.2) is 24.3 Å². The summed E-state index contributed by atoms with van der Waals surface area (Å²) in [6.45, 7) is 2.91. The van der Waals surface area contributed by atoms with Crippen LogP contribution in [0.4, 0.5) is 0 Å². The van der Waals surface area contributed by atoms with Gasteiger partial charge in [0.1, 0.15) is 12.4 Å². The Labute approximate surface area is 102 Å². The third-order valence-electron chi connectivity index (χ3n) is 2.74. The predicted molar refractivity (Wildman–Crippen MR) is 67.1 cm³/mol. The highest BCUT2D eigenvalue weighted by Gasteiger charge is 2.24. The van der Waals surface area contributed by atoms with Gasteiger partial charge in [-0.05, 0) is 24.6 Å². The first-order chi connectivity index (χ1) is 8.05. The van der Waals surface area contributed by atoms with E-state index in [0.29, 0.717) is 13.2 Å². The van der Waals surface area contributed by atoms with Crippen LogP contribution in [0.3, 0.4) is 0 Å². The number of hydrogen-bond acceptors (Lipinski definition) is 4. The minimum atomic E-state index is -2.89. The Balaban J connectivity index is 1.90. The van der Waals surface area contributed by atoms with Crippen molar-refractivity contribution in [1.82, 2.24) is 5.32 Å². The van der Waals surface area contributed by atoms with Gasteiger partial charge in [-0.3, -0.25) is 0 Å². The highest BCUT2D eigenvalue weighted by molar-refractivity contribution is 7.91. The maximum Gasteiger partial charge on any atom is 0.153 e. The monoisotopic (exact) mass is 255 g/mol. The summed E-state index contributed by atoms with van der Waals surface area (Å²) in [5.41, 5.74) is 1.13. The second-order valence-electron chi connectivity index (χ2n) is 4.39. The van der Waals surface area contributed by atoms with E-state index in [9.17, 15) is 8.42 Å². The van der Waals surface area contributed by atoms with Crippen molar-refractivity contribution in [3.8, 4) is 5.75 Å². The van der Waals surface area contributed by atoms with Crippen LogP contribution in [0.1, 0.15) is 5.56 Å². The van der Waals surface area contributed by atoms with Crippen LogP contribution in [0.25, 0.3) is 0 Å². The van der Waals surface area contributed by atoms with Gasteiger partial charge in [-0.2, -0.15) is 0 Å². The minimum Gasteiger partial charge on any atom is -0.492 e. The van der Waals surface area contributed by atoms with E-state index in [2.05, 4.69) is 5.32 Å². The van der Waals surface area contributed by atoms with Gasteiger partial charge >= 0.3 is 0 Å². The highest BCUT2D eigenvalue weighted by Crippen LogP contribution is 2.13. The maximum atomic E-state index is 11.4.